The van der Waals surface area contributed by atoms with Crippen molar-refractivity contribution in [1.29, 1.82) is 0 Å². The topological polar surface area (TPSA) is 20.3 Å². The van der Waals surface area contributed by atoms with E-state index in [1.165, 1.54) is 0 Å². The van der Waals surface area contributed by atoms with Gasteiger partial charge in [0, 0.05) is 17.1 Å². The van der Waals surface area contributed by atoms with Gasteiger partial charge in [-0.25, -0.2) is 8.78 Å². The maximum absolute atomic E-state index is 13.9. The van der Waals surface area contributed by atoms with E-state index < -0.39 is 23.1 Å². The van der Waals surface area contributed by atoms with E-state index in [9.17, 15) is 13.6 Å². The Morgan fingerprint density at radius 3 is 2.55 bits per heavy atom. The van der Waals surface area contributed by atoms with Gasteiger partial charge >= 0.3 is 0 Å². The summed E-state index contributed by atoms with van der Waals surface area (Å²) >= 11 is 3.03. The van der Waals surface area contributed by atoms with E-state index in [-0.39, 0.29) is 6.04 Å². The summed E-state index contributed by atoms with van der Waals surface area (Å²) in [6.07, 6.45) is 4.73. The van der Waals surface area contributed by atoms with Crippen LogP contribution in [-0.2, 0) is 0 Å². The van der Waals surface area contributed by atoms with Gasteiger partial charge in [-0.1, -0.05) is 35.7 Å². The molecule has 0 aliphatic carbocycles. The minimum Gasteiger partial charge on any atom is -0.335 e. The number of carbonyl (C=O) groups is 1. The molecule has 1 atom stereocenters. The predicted octanol–water partition coefficient (Wildman–Crippen LogP) is 4.52. The smallest absolute Gasteiger partial charge is 0.260 e. The van der Waals surface area contributed by atoms with Gasteiger partial charge in [0.2, 0.25) is 0 Å². The van der Waals surface area contributed by atoms with Crippen molar-refractivity contribution in [2.24, 2.45) is 0 Å². The second-order valence-electron chi connectivity index (χ2n) is 5.15. The molecule has 20 heavy (non-hydrogen) atoms. The lowest BCUT2D eigenvalue weighted by Crippen LogP contribution is -2.40. The number of hydrogen-bond donors (Lipinski definition) is 0. The van der Waals surface area contributed by atoms with Crippen molar-refractivity contribution in [2.45, 2.75) is 45.1 Å². The molecule has 1 fully saturated rings. The van der Waals surface area contributed by atoms with E-state index in [0.717, 1.165) is 44.2 Å². The molecule has 110 valence electrons. The summed E-state index contributed by atoms with van der Waals surface area (Å²) in [6, 6.07) is 2.34. The van der Waals surface area contributed by atoms with Crippen LogP contribution in [0.15, 0.2) is 16.6 Å². The maximum atomic E-state index is 13.9. The molecule has 2 nitrogen and oxygen atoms in total. The molecule has 0 radical (unpaired) electrons. The van der Waals surface area contributed by atoms with Crippen molar-refractivity contribution < 1.29 is 13.6 Å². The van der Waals surface area contributed by atoms with E-state index >= 15 is 0 Å². The lowest BCUT2D eigenvalue weighted by molar-refractivity contribution is 0.0668. The minimum atomic E-state index is -0.805. The Balaban J connectivity index is 2.34. The summed E-state index contributed by atoms with van der Waals surface area (Å²) in [6.45, 7) is 2.58. The lowest BCUT2D eigenvalue weighted by atomic mass is 10.1. The zero-order chi connectivity index (χ0) is 14.7. The van der Waals surface area contributed by atoms with E-state index in [2.05, 4.69) is 15.9 Å². The fraction of sp³-hybridized carbons (Fsp3) is 0.533. The molecule has 0 aromatic heterocycles. The lowest BCUT2D eigenvalue weighted by Gasteiger charge is -2.29. The first-order chi connectivity index (χ1) is 9.54. The Bertz CT molecular complexity index is 484. The van der Waals surface area contributed by atoms with Crippen LogP contribution in [-0.4, -0.2) is 23.4 Å². The molecule has 1 unspecified atom stereocenters. The number of carbonyl (C=O) groups excluding carboxylic acids is 1. The Morgan fingerprint density at radius 1 is 1.30 bits per heavy atom. The molecule has 1 saturated heterocycles. The number of hydrogen-bond acceptors (Lipinski definition) is 1. The maximum Gasteiger partial charge on any atom is 0.260 e. The highest BCUT2D eigenvalue weighted by Gasteiger charge is 2.29. The predicted molar refractivity (Wildman–Crippen MR) is 77.6 cm³/mol. The third-order valence-electron chi connectivity index (χ3n) is 3.83. The molecule has 0 saturated carbocycles. The van der Waals surface area contributed by atoms with Crippen LogP contribution in [0.1, 0.15) is 49.4 Å². The van der Waals surface area contributed by atoms with Gasteiger partial charge in [-0.05, 0) is 31.4 Å². The first-order valence-electron chi connectivity index (χ1n) is 7.00. The van der Waals surface area contributed by atoms with Crippen LogP contribution in [0.4, 0.5) is 8.78 Å². The van der Waals surface area contributed by atoms with Crippen LogP contribution < -0.4 is 0 Å². The first-order valence-corrected chi connectivity index (χ1v) is 7.79. The summed E-state index contributed by atoms with van der Waals surface area (Å²) in [4.78, 5) is 14.1. The van der Waals surface area contributed by atoms with Crippen LogP contribution in [0.5, 0.6) is 0 Å². The Labute approximate surface area is 126 Å². The quantitative estimate of drug-likeness (QED) is 0.771. The highest BCUT2D eigenvalue weighted by Crippen LogP contribution is 2.25. The molecule has 0 bridgehead atoms. The minimum absolute atomic E-state index is 0.0763. The van der Waals surface area contributed by atoms with Gasteiger partial charge in [-0.3, -0.25) is 4.79 Å². The zero-order valence-corrected chi connectivity index (χ0v) is 13.1. The molecule has 2 rings (SSSR count). The Kier molecular flexibility index (Phi) is 5.13. The van der Waals surface area contributed by atoms with Gasteiger partial charge in [-0.15, -0.1) is 0 Å². The molecule has 5 heteroatoms. The molecule has 1 aromatic carbocycles. The highest BCUT2D eigenvalue weighted by atomic mass is 79.9. The van der Waals surface area contributed by atoms with Crippen LogP contribution in [0.2, 0.25) is 0 Å². The molecule has 1 amide bonds. The highest BCUT2D eigenvalue weighted by molar-refractivity contribution is 9.10. The summed E-state index contributed by atoms with van der Waals surface area (Å²) in [5.41, 5.74) is -0.437. The molecule has 1 heterocycles. The number of benzene rings is 1. The molecule has 1 aliphatic rings. The second kappa shape index (κ2) is 6.66. The zero-order valence-electron chi connectivity index (χ0n) is 11.5. The second-order valence-corrected chi connectivity index (χ2v) is 6.07. The third kappa shape index (κ3) is 3.19. The van der Waals surface area contributed by atoms with Crippen molar-refractivity contribution in [2.75, 3.05) is 6.54 Å². The molecule has 0 N–H and O–H groups in total. The van der Waals surface area contributed by atoms with Gasteiger partial charge in [0.15, 0.2) is 0 Å². The van der Waals surface area contributed by atoms with Crippen molar-refractivity contribution in [3.05, 3.63) is 33.8 Å². The van der Waals surface area contributed by atoms with Crippen molar-refractivity contribution in [3.63, 3.8) is 0 Å². The first kappa shape index (κ1) is 15.4. The summed E-state index contributed by atoms with van der Waals surface area (Å²) in [5, 5.41) is 0. The van der Waals surface area contributed by atoms with Crippen molar-refractivity contribution >= 4 is 21.8 Å². The van der Waals surface area contributed by atoms with Gasteiger partial charge in [0.05, 0.1) is 0 Å². The number of nitrogens with zero attached hydrogens (tertiary/aromatic N) is 1. The van der Waals surface area contributed by atoms with E-state index in [0.29, 0.717) is 11.0 Å². The summed E-state index contributed by atoms with van der Waals surface area (Å²) < 4.78 is 28.2. The number of halogens is 3. The average molecular weight is 346 g/mol. The molecule has 0 spiro atoms. The van der Waals surface area contributed by atoms with Crippen LogP contribution in [0.25, 0.3) is 0 Å². The normalized spacial score (nSPS) is 19.8. The van der Waals surface area contributed by atoms with Crippen molar-refractivity contribution in [1.82, 2.24) is 4.90 Å². The standard InChI is InChI=1S/C15H18BrF2NO/c1-2-11-6-4-3-5-7-19(11)15(20)14-12(17)8-10(16)9-13(14)18/h8-9,11H,2-7H2,1H3. The van der Waals surface area contributed by atoms with Gasteiger partial charge in [0.25, 0.3) is 5.91 Å². The Morgan fingerprint density at radius 2 is 1.95 bits per heavy atom. The average Bonchev–Trinajstić information content (AvgIpc) is 2.62. The van der Waals surface area contributed by atoms with E-state index in [4.69, 9.17) is 0 Å². The SMILES string of the molecule is CCC1CCCCCN1C(=O)c1c(F)cc(Br)cc1F. The number of rotatable bonds is 2. The monoisotopic (exact) mass is 345 g/mol. The van der Waals surface area contributed by atoms with Gasteiger partial charge in [-0.2, -0.15) is 0 Å². The van der Waals surface area contributed by atoms with Gasteiger partial charge < -0.3 is 4.90 Å². The van der Waals surface area contributed by atoms with Crippen LogP contribution in [0, 0.1) is 11.6 Å². The van der Waals surface area contributed by atoms with Crippen molar-refractivity contribution in [3.8, 4) is 0 Å². The number of likely N-dealkylation sites (tertiary alicyclic amines) is 1. The summed E-state index contributed by atoms with van der Waals surface area (Å²) in [7, 11) is 0. The molecule has 1 aromatic rings. The van der Waals surface area contributed by atoms with Crippen LogP contribution >= 0.6 is 15.9 Å². The molecular formula is C15H18BrF2NO. The molecular weight excluding hydrogens is 328 g/mol. The van der Waals surface area contributed by atoms with Gasteiger partial charge in [0.1, 0.15) is 17.2 Å². The molecule has 1 aliphatic heterocycles. The van der Waals surface area contributed by atoms with E-state index in [1.54, 1.807) is 4.90 Å². The number of amides is 1. The largest absolute Gasteiger partial charge is 0.335 e. The van der Waals surface area contributed by atoms with E-state index in [1.807, 2.05) is 6.92 Å². The Hall–Kier alpha value is -0.970. The summed E-state index contributed by atoms with van der Waals surface area (Å²) in [5.74, 6) is -2.14. The fourth-order valence-corrected chi connectivity index (χ4v) is 3.16. The third-order valence-corrected chi connectivity index (χ3v) is 4.29. The fourth-order valence-electron chi connectivity index (χ4n) is 2.76. The van der Waals surface area contributed by atoms with Crippen LogP contribution in [0.3, 0.4) is 0 Å².